The lowest BCUT2D eigenvalue weighted by Crippen LogP contribution is -2.51. The lowest BCUT2D eigenvalue weighted by molar-refractivity contribution is 0.140. The Hall–Kier alpha value is -4.12. The van der Waals surface area contributed by atoms with Gasteiger partial charge in [0, 0.05) is 42.2 Å². The van der Waals surface area contributed by atoms with Crippen molar-refractivity contribution in [3.8, 4) is 22.6 Å². The fourth-order valence-corrected chi connectivity index (χ4v) is 3.83. The van der Waals surface area contributed by atoms with Crippen molar-refractivity contribution in [3.63, 3.8) is 0 Å². The van der Waals surface area contributed by atoms with Crippen LogP contribution < -0.4 is 15.4 Å². The van der Waals surface area contributed by atoms with Crippen molar-refractivity contribution in [3.05, 3.63) is 72.3 Å². The smallest absolute Gasteiger partial charge is 0.173 e. The van der Waals surface area contributed by atoms with Crippen molar-refractivity contribution in [2.75, 3.05) is 23.7 Å². The molecule has 4 heterocycles. The molecule has 9 nitrogen and oxygen atoms in total. The monoisotopic (exact) mass is 465 g/mol. The number of hydrogen-bond donors (Lipinski definition) is 2. The van der Waals surface area contributed by atoms with Gasteiger partial charge < -0.3 is 20.5 Å². The van der Waals surface area contributed by atoms with Crippen LogP contribution in [0, 0.1) is 11.6 Å². The highest BCUT2D eigenvalue weighted by Gasteiger charge is 2.29. The number of aliphatic hydroxyl groups is 1. The molecule has 1 aliphatic heterocycles. The predicted octanol–water partition coefficient (Wildman–Crippen LogP) is 2.91. The molecule has 34 heavy (non-hydrogen) atoms. The van der Waals surface area contributed by atoms with Gasteiger partial charge in [-0.1, -0.05) is 0 Å². The van der Waals surface area contributed by atoms with Gasteiger partial charge >= 0.3 is 0 Å². The largest absolute Gasteiger partial charge is 0.482 e. The Labute approximate surface area is 193 Å². The average molecular weight is 465 g/mol. The number of benzene rings is 1. The maximum absolute atomic E-state index is 15.2. The summed E-state index contributed by atoms with van der Waals surface area (Å²) in [6.07, 6.45) is 4.82. The molecule has 1 fully saturated rings. The third-order valence-electron chi connectivity index (χ3n) is 5.59. The lowest BCUT2D eigenvalue weighted by atomic mass is 10.1. The summed E-state index contributed by atoms with van der Waals surface area (Å²) < 4.78 is 35.3. The van der Waals surface area contributed by atoms with E-state index in [1.165, 1.54) is 47.8 Å². The Morgan fingerprint density at radius 1 is 1.09 bits per heavy atom. The molecule has 5 rings (SSSR count). The van der Waals surface area contributed by atoms with Crippen LogP contribution in [-0.2, 0) is 0 Å². The molecule has 11 heteroatoms. The first-order valence-corrected chi connectivity index (χ1v) is 10.6. The summed E-state index contributed by atoms with van der Waals surface area (Å²) in [7, 11) is 0. The van der Waals surface area contributed by atoms with Crippen molar-refractivity contribution < 1.29 is 18.6 Å². The van der Waals surface area contributed by atoms with Gasteiger partial charge in [-0.2, -0.15) is 15.0 Å². The number of rotatable bonds is 6. The van der Waals surface area contributed by atoms with Gasteiger partial charge in [-0.05, 0) is 37.3 Å². The first kappa shape index (κ1) is 21.7. The Morgan fingerprint density at radius 3 is 2.59 bits per heavy atom. The molecule has 1 atom stereocenters. The number of aromatic nitrogens is 5. The standard InChI is InChI=1S/C23H21F2N7O2/c1-13(18-9-15(24)2-3-19(18)32-29-6-7-30-32)34-20-8-14(10-28-22(20)26)17-4-5-27-23(21(17)25)31-11-16(33)12-31/h2-10,13,16,33H,11-12H2,1H3,(H2,26,28). The van der Waals surface area contributed by atoms with Gasteiger partial charge in [0.05, 0.1) is 24.2 Å². The second kappa shape index (κ2) is 8.67. The minimum atomic E-state index is -0.656. The molecular formula is C23H21F2N7O2. The number of nitrogens with two attached hydrogens (primary N) is 1. The van der Waals surface area contributed by atoms with Crippen LogP contribution in [-0.4, -0.2) is 49.3 Å². The summed E-state index contributed by atoms with van der Waals surface area (Å²) in [5, 5.41) is 17.8. The van der Waals surface area contributed by atoms with Crippen LogP contribution in [0.4, 0.5) is 20.4 Å². The SMILES string of the molecule is CC(Oc1cc(-c2ccnc(N3CC(O)C3)c2F)cnc1N)c1cc(F)ccc1-n1nccn1. The third kappa shape index (κ3) is 4.01. The van der Waals surface area contributed by atoms with Gasteiger partial charge in [-0.15, -0.1) is 0 Å². The molecule has 0 radical (unpaired) electrons. The van der Waals surface area contributed by atoms with E-state index < -0.39 is 23.8 Å². The number of ether oxygens (including phenoxy) is 1. The topological polar surface area (TPSA) is 115 Å². The van der Waals surface area contributed by atoms with Gasteiger partial charge in [0.25, 0.3) is 0 Å². The molecule has 0 spiro atoms. The summed E-state index contributed by atoms with van der Waals surface area (Å²) in [5.74, 6) is -0.496. The Bertz CT molecular complexity index is 1330. The maximum atomic E-state index is 15.2. The molecule has 3 N–H and O–H groups in total. The van der Waals surface area contributed by atoms with E-state index in [2.05, 4.69) is 20.2 Å². The summed E-state index contributed by atoms with van der Waals surface area (Å²) in [4.78, 5) is 11.3. The van der Waals surface area contributed by atoms with Crippen LogP contribution in [0.5, 0.6) is 5.75 Å². The molecule has 1 saturated heterocycles. The molecular weight excluding hydrogens is 444 g/mol. The first-order chi connectivity index (χ1) is 16.4. The van der Waals surface area contributed by atoms with Gasteiger partial charge in [0.1, 0.15) is 11.9 Å². The second-order valence-electron chi connectivity index (χ2n) is 7.94. The zero-order chi connectivity index (χ0) is 23.8. The number of hydrogen-bond acceptors (Lipinski definition) is 8. The van der Waals surface area contributed by atoms with Crippen LogP contribution in [0.1, 0.15) is 18.6 Å². The highest BCUT2D eigenvalue weighted by molar-refractivity contribution is 5.70. The minimum absolute atomic E-state index is 0.103. The molecule has 1 aromatic carbocycles. The second-order valence-corrected chi connectivity index (χ2v) is 7.94. The maximum Gasteiger partial charge on any atom is 0.173 e. The van der Waals surface area contributed by atoms with Crippen LogP contribution in [0.3, 0.4) is 0 Å². The predicted molar refractivity (Wildman–Crippen MR) is 120 cm³/mol. The summed E-state index contributed by atoms with van der Waals surface area (Å²) in [6.45, 7) is 2.37. The fraction of sp³-hybridized carbons (Fsp3) is 0.217. The Morgan fingerprint density at radius 2 is 1.85 bits per heavy atom. The zero-order valence-corrected chi connectivity index (χ0v) is 18.1. The van der Waals surface area contributed by atoms with Crippen LogP contribution >= 0.6 is 0 Å². The molecule has 4 aromatic rings. The molecule has 1 unspecified atom stereocenters. The number of nitrogens with zero attached hydrogens (tertiary/aromatic N) is 6. The molecule has 0 amide bonds. The quantitative estimate of drug-likeness (QED) is 0.447. The van der Waals surface area contributed by atoms with E-state index in [0.29, 0.717) is 29.9 Å². The molecule has 0 bridgehead atoms. The van der Waals surface area contributed by atoms with Crippen molar-refractivity contribution in [1.82, 2.24) is 25.0 Å². The zero-order valence-electron chi connectivity index (χ0n) is 18.1. The van der Waals surface area contributed by atoms with Crippen LogP contribution in [0.25, 0.3) is 16.8 Å². The van der Waals surface area contributed by atoms with Gasteiger partial charge in [-0.25, -0.2) is 18.7 Å². The van der Waals surface area contributed by atoms with E-state index in [1.807, 2.05) is 0 Å². The van der Waals surface area contributed by atoms with E-state index in [9.17, 15) is 9.50 Å². The molecule has 174 valence electrons. The van der Waals surface area contributed by atoms with Gasteiger partial charge in [0.2, 0.25) is 0 Å². The van der Waals surface area contributed by atoms with Crippen molar-refractivity contribution in [1.29, 1.82) is 0 Å². The first-order valence-electron chi connectivity index (χ1n) is 10.6. The van der Waals surface area contributed by atoms with Gasteiger partial charge in [-0.3, -0.25) is 0 Å². The normalized spacial score (nSPS) is 14.6. The molecule has 0 aliphatic carbocycles. The molecule has 1 aliphatic rings. The van der Waals surface area contributed by atoms with Crippen LogP contribution in [0.2, 0.25) is 0 Å². The Balaban J connectivity index is 1.46. The highest BCUT2D eigenvalue weighted by atomic mass is 19.1. The van der Waals surface area contributed by atoms with E-state index in [4.69, 9.17) is 10.5 Å². The summed E-state index contributed by atoms with van der Waals surface area (Å²) >= 11 is 0. The van der Waals surface area contributed by atoms with Crippen molar-refractivity contribution >= 4 is 11.6 Å². The number of nitrogen functional groups attached to an aromatic ring is 1. The van der Waals surface area contributed by atoms with E-state index in [1.54, 1.807) is 24.0 Å². The fourth-order valence-electron chi connectivity index (χ4n) is 3.83. The number of aliphatic hydroxyl groups excluding tert-OH is 1. The van der Waals surface area contributed by atoms with Crippen molar-refractivity contribution in [2.24, 2.45) is 0 Å². The lowest BCUT2D eigenvalue weighted by Gasteiger charge is -2.37. The third-order valence-corrected chi connectivity index (χ3v) is 5.59. The molecule has 0 saturated carbocycles. The highest BCUT2D eigenvalue weighted by Crippen LogP contribution is 2.35. The number of anilines is 2. The number of β-amino-alcohol motifs (C(OH)–C–C–N with tert-alkyl or cyclic N) is 1. The number of pyridine rings is 2. The van der Waals surface area contributed by atoms with E-state index in [-0.39, 0.29) is 22.9 Å². The van der Waals surface area contributed by atoms with E-state index in [0.717, 1.165) is 0 Å². The van der Waals surface area contributed by atoms with Crippen molar-refractivity contribution in [2.45, 2.75) is 19.1 Å². The minimum Gasteiger partial charge on any atom is -0.482 e. The molecule has 3 aromatic heterocycles. The average Bonchev–Trinajstić information content (AvgIpc) is 3.34. The summed E-state index contributed by atoms with van der Waals surface area (Å²) in [6, 6.07) is 7.32. The van der Waals surface area contributed by atoms with Gasteiger partial charge in [0.15, 0.2) is 23.2 Å². The summed E-state index contributed by atoms with van der Waals surface area (Å²) in [5.41, 5.74) is 7.78. The van der Waals surface area contributed by atoms with Crippen LogP contribution in [0.15, 0.2) is 55.1 Å². The number of halogens is 2. The van der Waals surface area contributed by atoms with E-state index >= 15 is 4.39 Å². The Kier molecular flexibility index (Phi) is 5.54.